The first kappa shape index (κ1) is 15.2. The fourth-order valence-electron chi connectivity index (χ4n) is 2.63. The second-order valence-corrected chi connectivity index (χ2v) is 6.00. The van der Waals surface area contributed by atoms with Crippen molar-refractivity contribution in [1.29, 1.82) is 5.26 Å². The Balaban J connectivity index is 1.76. The lowest BCUT2D eigenvalue weighted by Gasteiger charge is -2.45. The average molecular weight is 314 g/mol. The minimum absolute atomic E-state index is 0.120. The lowest BCUT2D eigenvalue weighted by atomic mass is 9.81. The van der Waals surface area contributed by atoms with Crippen LogP contribution < -0.4 is 0 Å². The van der Waals surface area contributed by atoms with Crippen molar-refractivity contribution in [2.45, 2.75) is 19.3 Å². The van der Waals surface area contributed by atoms with Gasteiger partial charge in [0.15, 0.2) is 0 Å². The fourth-order valence-corrected chi connectivity index (χ4v) is 2.63. The molecule has 0 bridgehead atoms. The highest BCUT2D eigenvalue weighted by Gasteiger charge is 2.47. The minimum Gasteiger partial charge on any atom is -0.420 e. The van der Waals surface area contributed by atoms with Gasteiger partial charge in [-0.2, -0.15) is 5.26 Å². The van der Waals surface area contributed by atoms with Crippen molar-refractivity contribution in [1.82, 2.24) is 15.1 Å². The second-order valence-electron chi connectivity index (χ2n) is 6.00. The summed E-state index contributed by atoms with van der Waals surface area (Å²) in [5, 5.41) is 16.7. The van der Waals surface area contributed by atoms with Crippen LogP contribution in [0.25, 0.3) is 11.5 Å². The smallest absolute Gasteiger partial charge is 0.250 e. The Morgan fingerprint density at radius 2 is 2.13 bits per heavy atom. The van der Waals surface area contributed by atoms with E-state index in [2.05, 4.69) is 10.2 Å². The normalized spacial score (nSPS) is 17.2. The van der Waals surface area contributed by atoms with Crippen LogP contribution in [0.4, 0.5) is 4.39 Å². The summed E-state index contributed by atoms with van der Waals surface area (Å²) >= 11 is 0. The molecule has 6 nitrogen and oxygen atoms in total. The maximum atomic E-state index is 13.8. The van der Waals surface area contributed by atoms with Crippen molar-refractivity contribution in [3.63, 3.8) is 0 Å². The molecular formula is C16H15FN4O2. The van der Waals surface area contributed by atoms with E-state index in [0.717, 1.165) is 0 Å². The Morgan fingerprint density at radius 3 is 2.78 bits per heavy atom. The molecule has 1 amide bonds. The standard InChI is InChI=1S/C16H15FN4O2/c1-10(7-18)14(22)21-8-16(2,9-21)15-20-19-13(23-15)11-5-3-4-6-12(11)17/h3-6,10H,8-9H2,1-2H3. The molecule has 0 radical (unpaired) electrons. The first-order valence-corrected chi connectivity index (χ1v) is 7.22. The number of nitrogens with zero attached hydrogens (tertiary/aromatic N) is 4. The molecule has 2 heterocycles. The average Bonchev–Trinajstić information content (AvgIpc) is 3.01. The van der Waals surface area contributed by atoms with Crippen LogP contribution in [0.2, 0.25) is 0 Å². The molecule has 23 heavy (non-hydrogen) atoms. The van der Waals surface area contributed by atoms with Crippen molar-refractivity contribution in [3.05, 3.63) is 36.0 Å². The first-order chi connectivity index (χ1) is 10.9. The van der Waals surface area contributed by atoms with Crippen molar-refractivity contribution >= 4 is 5.91 Å². The molecule has 1 aliphatic heterocycles. The van der Waals surface area contributed by atoms with E-state index in [1.165, 1.54) is 6.07 Å². The van der Waals surface area contributed by atoms with Crippen LogP contribution in [-0.4, -0.2) is 34.1 Å². The highest BCUT2D eigenvalue weighted by atomic mass is 19.1. The predicted octanol–water partition coefficient (Wildman–Crippen LogP) is 2.14. The third kappa shape index (κ3) is 2.57. The van der Waals surface area contributed by atoms with Gasteiger partial charge >= 0.3 is 0 Å². The van der Waals surface area contributed by atoms with Crippen LogP contribution in [-0.2, 0) is 10.2 Å². The Kier molecular flexibility index (Phi) is 3.60. The Labute approximate surface area is 132 Å². The molecule has 0 spiro atoms. The summed E-state index contributed by atoms with van der Waals surface area (Å²) < 4.78 is 19.4. The van der Waals surface area contributed by atoms with Crippen LogP contribution in [0, 0.1) is 23.1 Å². The number of carbonyl (C=O) groups is 1. The molecule has 1 atom stereocenters. The fraction of sp³-hybridized carbons (Fsp3) is 0.375. The van der Waals surface area contributed by atoms with Gasteiger partial charge in [0.2, 0.25) is 11.8 Å². The van der Waals surface area contributed by atoms with E-state index >= 15 is 0 Å². The van der Waals surface area contributed by atoms with Crippen molar-refractivity contribution in [2.24, 2.45) is 5.92 Å². The zero-order valence-corrected chi connectivity index (χ0v) is 12.8. The van der Waals surface area contributed by atoms with E-state index < -0.39 is 17.2 Å². The zero-order valence-electron chi connectivity index (χ0n) is 12.8. The molecule has 1 aliphatic rings. The number of benzene rings is 1. The number of rotatable bonds is 3. The third-order valence-corrected chi connectivity index (χ3v) is 4.00. The summed E-state index contributed by atoms with van der Waals surface area (Å²) in [5.41, 5.74) is -0.221. The monoisotopic (exact) mass is 314 g/mol. The molecule has 3 rings (SSSR count). The van der Waals surface area contributed by atoms with Gasteiger partial charge in [-0.1, -0.05) is 12.1 Å². The number of aromatic nitrogens is 2. The summed E-state index contributed by atoms with van der Waals surface area (Å²) in [5.74, 6) is -0.824. The number of hydrogen-bond donors (Lipinski definition) is 0. The Morgan fingerprint density at radius 1 is 1.43 bits per heavy atom. The van der Waals surface area contributed by atoms with Crippen LogP contribution >= 0.6 is 0 Å². The zero-order chi connectivity index (χ0) is 16.6. The summed E-state index contributed by atoms with van der Waals surface area (Å²) in [6.45, 7) is 4.26. The molecular weight excluding hydrogens is 299 g/mol. The van der Waals surface area contributed by atoms with Crippen LogP contribution in [0.5, 0.6) is 0 Å². The molecule has 1 aromatic heterocycles. The number of likely N-dealkylation sites (tertiary alicyclic amines) is 1. The van der Waals surface area contributed by atoms with Crippen LogP contribution in [0.1, 0.15) is 19.7 Å². The van der Waals surface area contributed by atoms with Gasteiger partial charge in [0.25, 0.3) is 5.89 Å². The first-order valence-electron chi connectivity index (χ1n) is 7.22. The molecule has 0 saturated carbocycles. The summed E-state index contributed by atoms with van der Waals surface area (Å²) in [6.07, 6.45) is 0. The molecule has 118 valence electrons. The van der Waals surface area contributed by atoms with Gasteiger partial charge in [0.1, 0.15) is 11.7 Å². The van der Waals surface area contributed by atoms with Gasteiger partial charge in [-0.3, -0.25) is 4.79 Å². The minimum atomic E-state index is -0.670. The lowest BCUT2D eigenvalue weighted by molar-refractivity contribution is -0.141. The van der Waals surface area contributed by atoms with E-state index in [0.29, 0.717) is 19.0 Å². The predicted molar refractivity (Wildman–Crippen MR) is 78.4 cm³/mol. The largest absolute Gasteiger partial charge is 0.420 e. The number of hydrogen-bond acceptors (Lipinski definition) is 5. The van der Waals surface area contributed by atoms with Crippen LogP contribution in [0.15, 0.2) is 28.7 Å². The van der Waals surface area contributed by atoms with Gasteiger partial charge in [0.05, 0.1) is 17.0 Å². The molecule has 1 saturated heterocycles. The van der Waals surface area contributed by atoms with E-state index in [1.807, 2.05) is 13.0 Å². The Bertz CT molecular complexity index is 789. The summed E-state index contributed by atoms with van der Waals surface area (Å²) in [4.78, 5) is 13.5. The van der Waals surface area contributed by atoms with Gasteiger partial charge in [0, 0.05) is 13.1 Å². The summed E-state index contributed by atoms with van der Waals surface area (Å²) in [7, 11) is 0. The van der Waals surface area contributed by atoms with E-state index in [4.69, 9.17) is 9.68 Å². The van der Waals surface area contributed by atoms with Crippen molar-refractivity contribution in [2.75, 3.05) is 13.1 Å². The van der Waals surface area contributed by atoms with E-state index in [9.17, 15) is 9.18 Å². The number of carbonyl (C=O) groups excluding carboxylic acids is 1. The SMILES string of the molecule is CC(C#N)C(=O)N1CC(C)(c2nnc(-c3ccccc3F)o2)C1. The number of halogens is 1. The lowest BCUT2D eigenvalue weighted by Crippen LogP contribution is -2.60. The van der Waals surface area contributed by atoms with Gasteiger partial charge in [-0.15, -0.1) is 10.2 Å². The molecule has 2 aromatic rings. The number of nitriles is 1. The molecule has 1 fully saturated rings. The van der Waals surface area contributed by atoms with Gasteiger partial charge in [-0.25, -0.2) is 4.39 Å². The maximum Gasteiger partial charge on any atom is 0.250 e. The van der Waals surface area contributed by atoms with E-state index in [1.54, 1.807) is 30.0 Å². The van der Waals surface area contributed by atoms with Gasteiger partial charge < -0.3 is 9.32 Å². The van der Waals surface area contributed by atoms with Crippen molar-refractivity contribution in [3.8, 4) is 17.5 Å². The van der Waals surface area contributed by atoms with Crippen LogP contribution in [0.3, 0.4) is 0 Å². The van der Waals surface area contributed by atoms with Crippen molar-refractivity contribution < 1.29 is 13.6 Å². The molecule has 7 heteroatoms. The van der Waals surface area contributed by atoms with Gasteiger partial charge in [-0.05, 0) is 26.0 Å². The topological polar surface area (TPSA) is 83.0 Å². The third-order valence-electron chi connectivity index (χ3n) is 4.00. The molecule has 1 unspecified atom stereocenters. The maximum absolute atomic E-state index is 13.8. The quantitative estimate of drug-likeness (QED) is 0.866. The van der Waals surface area contributed by atoms with E-state index in [-0.39, 0.29) is 17.4 Å². The molecule has 0 aliphatic carbocycles. The number of amides is 1. The molecule has 1 aromatic carbocycles. The Hall–Kier alpha value is -2.75. The highest BCUT2D eigenvalue weighted by molar-refractivity contribution is 5.82. The summed E-state index contributed by atoms with van der Waals surface area (Å²) in [6, 6.07) is 8.10. The second kappa shape index (κ2) is 5.47. The molecule has 0 N–H and O–H groups in total. The highest BCUT2D eigenvalue weighted by Crippen LogP contribution is 2.35.